The van der Waals surface area contributed by atoms with E-state index in [1.165, 1.54) is 0 Å². The Hall–Kier alpha value is 0.610. The van der Waals surface area contributed by atoms with E-state index in [0.717, 1.165) is 25.0 Å². The predicted molar refractivity (Wildman–Crippen MR) is 85.0 cm³/mol. The van der Waals surface area contributed by atoms with E-state index in [9.17, 15) is 18.9 Å². The van der Waals surface area contributed by atoms with Crippen molar-refractivity contribution in [3.05, 3.63) is 0 Å². The van der Waals surface area contributed by atoms with E-state index in [0.29, 0.717) is 18.9 Å². The lowest BCUT2D eigenvalue weighted by Crippen LogP contribution is -2.57. The Labute approximate surface area is 130 Å². The first-order chi connectivity index (χ1) is 9.48. The van der Waals surface area contributed by atoms with Crippen molar-refractivity contribution in [3.63, 3.8) is 0 Å². The molecule has 1 aliphatic rings. The van der Waals surface area contributed by atoms with E-state index in [1.54, 1.807) is 6.92 Å². The average molecular weight is 361 g/mol. The van der Waals surface area contributed by atoms with Gasteiger partial charge < -0.3 is 24.9 Å². The third-order valence-corrected chi connectivity index (χ3v) is 7.20. The van der Waals surface area contributed by atoms with Crippen LogP contribution in [0.15, 0.2) is 0 Å². The lowest BCUT2D eigenvalue weighted by atomic mass is 9.82. The van der Waals surface area contributed by atoms with Crippen LogP contribution in [0.2, 0.25) is 0 Å². The van der Waals surface area contributed by atoms with Gasteiger partial charge in [0.05, 0.1) is 11.8 Å². The second-order valence-corrected chi connectivity index (χ2v) is 9.96. The fourth-order valence-electron chi connectivity index (χ4n) is 2.89. The Morgan fingerprint density at radius 3 is 2.33 bits per heavy atom. The van der Waals surface area contributed by atoms with Crippen molar-refractivity contribution in [3.8, 4) is 0 Å². The highest BCUT2D eigenvalue weighted by Gasteiger charge is 2.49. The molecule has 1 fully saturated rings. The summed E-state index contributed by atoms with van der Waals surface area (Å²) in [7, 11) is -9.12. The van der Waals surface area contributed by atoms with Gasteiger partial charge in [-0.3, -0.25) is 9.13 Å². The van der Waals surface area contributed by atoms with Crippen molar-refractivity contribution >= 4 is 27.8 Å². The van der Waals surface area contributed by atoms with Gasteiger partial charge in [-0.15, -0.1) is 0 Å². The Morgan fingerprint density at radius 1 is 1.33 bits per heavy atom. The third kappa shape index (κ3) is 6.32. The molecule has 0 amide bonds. The highest BCUT2D eigenvalue weighted by atomic mass is 32.1. The van der Waals surface area contributed by atoms with Crippen LogP contribution in [0.25, 0.3) is 0 Å². The molecule has 0 bridgehead atoms. The quantitative estimate of drug-likeness (QED) is 0.297. The van der Waals surface area contributed by atoms with E-state index >= 15 is 0 Å². The van der Waals surface area contributed by atoms with Crippen LogP contribution in [0.3, 0.4) is 0 Å². The molecule has 1 aliphatic heterocycles. The first-order valence-corrected chi connectivity index (χ1v) is 11.0. The molecule has 1 heterocycles. The molecule has 0 aromatic rings. The summed E-state index contributed by atoms with van der Waals surface area (Å²) >= 11 is 4.16. The van der Waals surface area contributed by atoms with Crippen LogP contribution in [-0.4, -0.2) is 49.2 Å². The van der Waals surface area contributed by atoms with Gasteiger partial charge in [0.25, 0.3) is 0 Å². The number of nitrogens with one attached hydrogen (secondary N) is 1. The van der Waals surface area contributed by atoms with Gasteiger partial charge in [0, 0.05) is 5.54 Å². The molecule has 3 unspecified atom stereocenters. The predicted octanol–water partition coefficient (Wildman–Crippen LogP) is 1.18. The van der Waals surface area contributed by atoms with Crippen molar-refractivity contribution in [2.45, 2.75) is 43.8 Å². The van der Waals surface area contributed by atoms with Crippen LogP contribution in [-0.2, 0) is 9.13 Å². The monoisotopic (exact) mass is 361 g/mol. The minimum Gasteiger partial charge on any atom is -0.324 e. The maximum atomic E-state index is 11.7. The molecule has 126 valence electrons. The zero-order valence-electron chi connectivity index (χ0n) is 12.1. The Balaban J connectivity index is 2.79. The normalized spacial score (nSPS) is 29.3. The summed E-state index contributed by atoms with van der Waals surface area (Å²) in [5, 5.41) is 3.12. The molecule has 1 rings (SSSR count). The fourth-order valence-corrected chi connectivity index (χ4v) is 6.37. The SMILES string of the molecule is CC1(C(CP(=O)(O)O)P(=O)(O)O)CCC(CCCS)CN1. The number of hydrogen-bond donors (Lipinski definition) is 6. The van der Waals surface area contributed by atoms with Crippen LogP contribution in [0.5, 0.6) is 0 Å². The minimum atomic E-state index is -4.61. The van der Waals surface area contributed by atoms with Gasteiger partial charge in [0.1, 0.15) is 0 Å². The summed E-state index contributed by atoms with van der Waals surface area (Å²) in [6, 6.07) is 0. The van der Waals surface area contributed by atoms with Crippen LogP contribution >= 0.6 is 27.8 Å². The maximum Gasteiger partial charge on any atom is 0.331 e. The van der Waals surface area contributed by atoms with Crippen LogP contribution < -0.4 is 5.32 Å². The number of hydrogen-bond acceptors (Lipinski definition) is 4. The number of piperidine rings is 1. The molecule has 0 spiro atoms. The van der Waals surface area contributed by atoms with Crippen molar-refractivity contribution in [2.75, 3.05) is 18.5 Å². The van der Waals surface area contributed by atoms with Crippen molar-refractivity contribution in [2.24, 2.45) is 5.92 Å². The first kappa shape index (κ1) is 19.7. The van der Waals surface area contributed by atoms with E-state index in [4.69, 9.17) is 9.79 Å². The topological polar surface area (TPSA) is 127 Å². The third-order valence-electron chi connectivity index (χ3n) is 4.19. The smallest absolute Gasteiger partial charge is 0.324 e. The minimum absolute atomic E-state index is 0.415. The second kappa shape index (κ2) is 7.45. The van der Waals surface area contributed by atoms with Crippen LogP contribution in [0.4, 0.5) is 0 Å². The Kier molecular flexibility index (Phi) is 6.98. The molecule has 0 aliphatic carbocycles. The van der Waals surface area contributed by atoms with Gasteiger partial charge in [0.15, 0.2) is 0 Å². The van der Waals surface area contributed by atoms with Gasteiger partial charge in [-0.05, 0) is 50.8 Å². The first-order valence-electron chi connectivity index (χ1n) is 6.93. The zero-order chi connectivity index (χ0) is 16.3. The fraction of sp³-hybridized carbons (Fsp3) is 1.00. The molecule has 0 radical (unpaired) electrons. The molecule has 0 aromatic heterocycles. The van der Waals surface area contributed by atoms with E-state index < -0.39 is 32.6 Å². The lowest BCUT2D eigenvalue weighted by Gasteiger charge is -2.44. The average Bonchev–Trinajstić information content (AvgIpc) is 2.33. The van der Waals surface area contributed by atoms with E-state index in [1.807, 2.05) is 0 Å². The standard InChI is InChI=1S/C11H25NO6P2S/c1-11(5-4-9(7-12-11)3-2-6-21)10(20(16,17)18)8-19(13,14)15/h9-10,12,21H,2-8H2,1H3,(H2,13,14,15)(H2,16,17,18). The molecule has 1 saturated heterocycles. The highest BCUT2D eigenvalue weighted by molar-refractivity contribution is 7.80. The number of rotatable bonds is 7. The Morgan fingerprint density at radius 2 is 1.95 bits per heavy atom. The largest absolute Gasteiger partial charge is 0.331 e. The molecule has 7 nitrogen and oxygen atoms in total. The van der Waals surface area contributed by atoms with Gasteiger partial charge >= 0.3 is 15.2 Å². The summed E-state index contributed by atoms with van der Waals surface area (Å²) in [4.78, 5) is 37.2. The molecular formula is C11H25NO6P2S. The molecule has 3 atom stereocenters. The van der Waals surface area contributed by atoms with Crippen molar-refractivity contribution in [1.29, 1.82) is 0 Å². The molecule has 5 N–H and O–H groups in total. The molecule has 10 heteroatoms. The molecule has 0 saturated carbocycles. The van der Waals surface area contributed by atoms with Gasteiger partial charge in [-0.2, -0.15) is 12.6 Å². The van der Waals surface area contributed by atoms with E-state index in [-0.39, 0.29) is 0 Å². The highest BCUT2D eigenvalue weighted by Crippen LogP contribution is 2.54. The van der Waals surface area contributed by atoms with Crippen LogP contribution in [0, 0.1) is 5.92 Å². The molecular weight excluding hydrogens is 336 g/mol. The molecule has 21 heavy (non-hydrogen) atoms. The summed E-state index contributed by atoms with van der Waals surface area (Å²) < 4.78 is 22.9. The van der Waals surface area contributed by atoms with Gasteiger partial charge in [0.2, 0.25) is 0 Å². The summed E-state index contributed by atoms with van der Waals surface area (Å²) in [6.45, 7) is 2.24. The second-order valence-electron chi connectivity index (χ2n) is 6.02. The van der Waals surface area contributed by atoms with Crippen molar-refractivity contribution < 1.29 is 28.7 Å². The Bertz CT molecular complexity index is 428. The molecule has 0 aromatic carbocycles. The summed E-state index contributed by atoms with van der Waals surface area (Å²) in [5.41, 5.74) is -2.34. The maximum absolute atomic E-state index is 11.7. The van der Waals surface area contributed by atoms with Crippen LogP contribution in [0.1, 0.15) is 32.6 Å². The summed E-state index contributed by atoms with van der Waals surface area (Å²) in [5.74, 6) is 1.22. The number of thiol groups is 1. The van der Waals surface area contributed by atoms with Crippen molar-refractivity contribution in [1.82, 2.24) is 5.32 Å². The summed E-state index contributed by atoms with van der Waals surface area (Å²) in [6.07, 6.45) is 2.44. The van der Waals surface area contributed by atoms with Gasteiger partial charge in [-0.25, -0.2) is 0 Å². The zero-order valence-corrected chi connectivity index (χ0v) is 14.7. The van der Waals surface area contributed by atoms with E-state index in [2.05, 4.69) is 17.9 Å². The lowest BCUT2D eigenvalue weighted by molar-refractivity contribution is 0.196. The van der Waals surface area contributed by atoms with Gasteiger partial charge in [-0.1, -0.05) is 0 Å².